The lowest BCUT2D eigenvalue weighted by Gasteiger charge is -2.32. The SMILES string of the molecule is CC(=O)Nc1ccc(NC(=O)[C@@H](C)OC(=O)CCN2c3ccccc3Sc3ccccc32)cc1. The first-order valence-corrected chi connectivity index (χ1v) is 11.7. The number of fused-ring (bicyclic) bond motifs is 2. The van der Waals surface area contributed by atoms with Gasteiger partial charge in [-0.2, -0.15) is 0 Å². The van der Waals surface area contributed by atoms with Crippen molar-refractivity contribution in [1.82, 2.24) is 0 Å². The lowest BCUT2D eigenvalue weighted by atomic mass is 10.2. The molecule has 1 aliphatic rings. The second kappa shape index (κ2) is 10.4. The fourth-order valence-electron chi connectivity index (χ4n) is 3.62. The van der Waals surface area contributed by atoms with Crippen LogP contribution < -0.4 is 15.5 Å². The third-order valence-corrected chi connectivity index (χ3v) is 6.35. The number of nitrogens with zero attached hydrogens (tertiary/aromatic N) is 1. The topological polar surface area (TPSA) is 87.7 Å². The molecule has 0 unspecified atom stereocenters. The molecule has 0 aromatic heterocycles. The summed E-state index contributed by atoms with van der Waals surface area (Å²) in [5.74, 6) is -1.05. The fourth-order valence-corrected chi connectivity index (χ4v) is 4.71. The van der Waals surface area contributed by atoms with Crippen molar-refractivity contribution >= 4 is 52.3 Å². The normalized spacial score (nSPS) is 12.7. The predicted octanol–water partition coefficient (Wildman–Crippen LogP) is 5.21. The summed E-state index contributed by atoms with van der Waals surface area (Å²) in [5, 5.41) is 5.38. The number of nitrogens with one attached hydrogen (secondary N) is 2. The van der Waals surface area contributed by atoms with Gasteiger partial charge >= 0.3 is 5.97 Å². The zero-order valence-electron chi connectivity index (χ0n) is 18.9. The summed E-state index contributed by atoms with van der Waals surface area (Å²) in [6.45, 7) is 3.40. The molecule has 174 valence electrons. The Morgan fingerprint density at radius 2 is 1.38 bits per heavy atom. The molecule has 3 aromatic carbocycles. The van der Waals surface area contributed by atoms with E-state index in [2.05, 4.69) is 27.7 Å². The molecular formula is C26H25N3O4S. The summed E-state index contributed by atoms with van der Waals surface area (Å²) in [6, 6.07) is 22.9. The quantitative estimate of drug-likeness (QED) is 0.456. The first-order valence-electron chi connectivity index (χ1n) is 10.9. The minimum Gasteiger partial charge on any atom is -0.452 e. The molecule has 2 amide bonds. The molecule has 0 saturated carbocycles. The number of esters is 1. The molecule has 4 rings (SSSR count). The maximum Gasteiger partial charge on any atom is 0.308 e. The molecule has 0 radical (unpaired) electrons. The third-order valence-electron chi connectivity index (χ3n) is 5.22. The minimum atomic E-state index is -0.945. The van der Waals surface area contributed by atoms with Crippen molar-refractivity contribution in [3.05, 3.63) is 72.8 Å². The Kier molecular flexibility index (Phi) is 7.18. The van der Waals surface area contributed by atoms with E-state index in [0.29, 0.717) is 17.9 Å². The van der Waals surface area contributed by atoms with Crippen molar-refractivity contribution < 1.29 is 19.1 Å². The predicted molar refractivity (Wildman–Crippen MR) is 134 cm³/mol. The van der Waals surface area contributed by atoms with Crippen LogP contribution in [0.5, 0.6) is 0 Å². The van der Waals surface area contributed by atoms with Crippen LogP contribution in [0.3, 0.4) is 0 Å². The summed E-state index contributed by atoms with van der Waals surface area (Å²) in [6.07, 6.45) is -0.810. The lowest BCUT2D eigenvalue weighted by molar-refractivity contribution is -0.152. The summed E-state index contributed by atoms with van der Waals surface area (Å²) in [5.41, 5.74) is 3.27. The van der Waals surface area contributed by atoms with Gasteiger partial charge in [0, 0.05) is 34.6 Å². The number of amides is 2. The van der Waals surface area contributed by atoms with E-state index < -0.39 is 18.0 Å². The van der Waals surface area contributed by atoms with Gasteiger partial charge in [0.2, 0.25) is 5.91 Å². The molecule has 0 saturated heterocycles. The summed E-state index contributed by atoms with van der Waals surface area (Å²) in [7, 11) is 0. The van der Waals surface area contributed by atoms with Crippen LogP contribution in [-0.2, 0) is 19.1 Å². The second-order valence-corrected chi connectivity index (χ2v) is 8.90. The Bertz CT molecular complexity index is 1170. The van der Waals surface area contributed by atoms with Crippen LogP contribution >= 0.6 is 11.8 Å². The highest BCUT2D eigenvalue weighted by molar-refractivity contribution is 7.99. The molecule has 0 bridgehead atoms. The van der Waals surface area contributed by atoms with Crippen LogP contribution in [0.4, 0.5) is 22.7 Å². The van der Waals surface area contributed by atoms with Gasteiger partial charge < -0.3 is 20.3 Å². The van der Waals surface area contributed by atoms with E-state index in [0.717, 1.165) is 21.2 Å². The number of para-hydroxylation sites is 2. The van der Waals surface area contributed by atoms with Gasteiger partial charge in [-0.3, -0.25) is 14.4 Å². The van der Waals surface area contributed by atoms with Gasteiger partial charge in [0.25, 0.3) is 5.91 Å². The third kappa shape index (κ3) is 5.58. The number of hydrogen-bond acceptors (Lipinski definition) is 6. The van der Waals surface area contributed by atoms with Crippen molar-refractivity contribution in [2.45, 2.75) is 36.2 Å². The molecular weight excluding hydrogens is 450 g/mol. The van der Waals surface area contributed by atoms with Gasteiger partial charge in [0.1, 0.15) is 0 Å². The van der Waals surface area contributed by atoms with E-state index in [4.69, 9.17) is 4.74 Å². The molecule has 0 aliphatic carbocycles. The van der Waals surface area contributed by atoms with Gasteiger partial charge in [0.05, 0.1) is 17.8 Å². The van der Waals surface area contributed by atoms with Crippen molar-refractivity contribution in [2.75, 3.05) is 22.1 Å². The minimum absolute atomic E-state index is 0.135. The Morgan fingerprint density at radius 3 is 1.94 bits per heavy atom. The number of ether oxygens (including phenoxy) is 1. The lowest BCUT2D eigenvalue weighted by Crippen LogP contribution is -2.31. The zero-order valence-corrected chi connectivity index (χ0v) is 19.7. The Hall–Kier alpha value is -3.78. The van der Waals surface area contributed by atoms with Crippen LogP contribution in [0.15, 0.2) is 82.6 Å². The smallest absolute Gasteiger partial charge is 0.308 e. The summed E-state index contributed by atoms with van der Waals surface area (Å²) >= 11 is 1.71. The highest BCUT2D eigenvalue weighted by Crippen LogP contribution is 2.47. The first-order chi connectivity index (χ1) is 16.4. The average molecular weight is 476 g/mol. The molecule has 7 nitrogen and oxygen atoms in total. The highest BCUT2D eigenvalue weighted by Gasteiger charge is 2.24. The molecule has 0 fully saturated rings. The number of hydrogen-bond donors (Lipinski definition) is 2. The van der Waals surface area contributed by atoms with Gasteiger partial charge in [-0.15, -0.1) is 0 Å². The molecule has 8 heteroatoms. The van der Waals surface area contributed by atoms with E-state index >= 15 is 0 Å². The van der Waals surface area contributed by atoms with Crippen molar-refractivity contribution in [1.29, 1.82) is 0 Å². The van der Waals surface area contributed by atoms with E-state index in [1.165, 1.54) is 6.92 Å². The largest absolute Gasteiger partial charge is 0.452 e. The van der Waals surface area contributed by atoms with Gasteiger partial charge in [-0.25, -0.2) is 0 Å². The van der Waals surface area contributed by atoms with Crippen LogP contribution in [0, 0.1) is 0 Å². The van der Waals surface area contributed by atoms with Crippen LogP contribution in [-0.4, -0.2) is 30.4 Å². The molecule has 0 spiro atoms. The van der Waals surface area contributed by atoms with Gasteiger partial charge in [-0.05, 0) is 55.5 Å². The Labute approximate surface area is 202 Å². The number of carbonyl (C=O) groups is 3. The average Bonchev–Trinajstić information content (AvgIpc) is 2.82. The first kappa shape index (κ1) is 23.4. The fraction of sp³-hybridized carbons (Fsp3) is 0.192. The van der Waals surface area contributed by atoms with Crippen molar-refractivity contribution in [2.24, 2.45) is 0 Å². The van der Waals surface area contributed by atoms with Crippen LogP contribution in [0.2, 0.25) is 0 Å². The van der Waals surface area contributed by atoms with Crippen LogP contribution in [0.25, 0.3) is 0 Å². The Morgan fingerprint density at radius 1 is 0.853 bits per heavy atom. The Balaban J connectivity index is 1.33. The van der Waals surface area contributed by atoms with E-state index in [1.54, 1.807) is 43.0 Å². The maximum atomic E-state index is 12.6. The molecule has 34 heavy (non-hydrogen) atoms. The number of anilines is 4. The summed E-state index contributed by atoms with van der Waals surface area (Å²) < 4.78 is 5.39. The number of benzene rings is 3. The molecule has 3 aromatic rings. The molecule has 1 aliphatic heterocycles. The molecule has 1 atom stereocenters. The summed E-state index contributed by atoms with van der Waals surface area (Å²) in [4.78, 5) is 40.5. The van der Waals surface area contributed by atoms with Gasteiger partial charge in [0.15, 0.2) is 6.10 Å². The van der Waals surface area contributed by atoms with Crippen molar-refractivity contribution in [3.63, 3.8) is 0 Å². The van der Waals surface area contributed by atoms with Crippen molar-refractivity contribution in [3.8, 4) is 0 Å². The van der Waals surface area contributed by atoms with E-state index in [9.17, 15) is 14.4 Å². The van der Waals surface area contributed by atoms with E-state index in [-0.39, 0.29) is 12.3 Å². The highest BCUT2D eigenvalue weighted by atomic mass is 32.2. The number of carbonyl (C=O) groups excluding carboxylic acids is 3. The standard InChI is InChI=1S/C26H25N3O4S/c1-17(26(32)28-20-13-11-19(12-14-20)27-18(2)30)33-25(31)15-16-29-21-7-3-5-9-23(21)34-24-10-6-4-8-22(24)29/h3-14,17H,15-16H2,1-2H3,(H,27,30)(H,28,32)/t17-/m1/s1. The zero-order chi connectivity index (χ0) is 24.1. The van der Waals surface area contributed by atoms with E-state index in [1.807, 2.05) is 36.4 Å². The maximum absolute atomic E-state index is 12.6. The van der Waals surface area contributed by atoms with Gasteiger partial charge in [-0.1, -0.05) is 36.0 Å². The molecule has 2 N–H and O–H groups in total. The van der Waals surface area contributed by atoms with Crippen LogP contribution in [0.1, 0.15) is 20.3 Å². The monoisotopic (exact) mass is 475 g/mol. The second-order valence-electron chi connectivity index (χ2n) is 7.82. The number of rotatable bonds is 7. The molecule has 1 heterocycles.